The van der Waals surface area contributed by atoms with E-state index in [0.717, 1.165) is 12.2 Å². The number of benzene rings is 1. The van der Waals surface area contributed by atoms with Gasteiger partial charge in [-0.05, 0) is 25.5 Å². The summed E-state index contributed by atoms with van der Waals surface area (Å²) in [5, 5.41) is 3.24. The maximum atomic E-state index is 11.6. The van der Waals surface area contributed by atoms with Crippen molar-refractivity contribution in [3.63, 3.8) is 0 Å². The van der Waals surface area contributed by atoms with Gasteiger partial charge >= 0.3 is 5.97 Å². The number of carbonyl (C=O) groups excluding carboxylic acids is 1. The average Bonchev–Trinajstić information content (AvgIpc) is 2.36. The first-order valence-corrected chi connectivity index (χ1v) is 7.55. The second-order valence-corrected chi connectivity index (χ2v) is 6.02. The summed E-state index contributed by atoms with van der Waals surface area (Å²) in [6.07, 6.45) is 0.767. The lowest BCUT2D eigenvalue weighted by molar-refractivity contribution is -0.143. The lowest BCUT2D eigenvalue weighted by Gasteiger charge is -2.18. The van der Waals surface area contributed by atoms with E-state index >= 15 is 0 Å². The maximum Gasteiger partial charge on any atom is 0.322 e. The predicted molar refractivity (Wildman–Crippen MR) is 80.6 cm³/mol. The zero-order chi connectivity index (χ0) is 14.3. The van der Waals surface area contributed by atoms with Gasteiger partial charge in [0.1, 0.15) is 6.04 Å². The minimum Gasteiger partial charge on any atom is -0.468 e. The van der Waals surface area contributed by atoms with Gasteiger partial charge in [0.2, 0.25) is 0 Å². The molecule has 0 heterocycles. The van der Waals surface area contributed by atoms with Crippen LogP contribution in [0.15, 0.2) is 29.2 Å². The molecule has 0 spiro atoms. The molecule has 1 aromatic carbocycles. The normalized spacial score (nSPS) is 12.5. The second kappa shape index (κ2) is 8.23. The van der Waals surface area contributed by atoms with Gasteiger partial charge in [0.15, 0.2) is 0 Å². The first kappa shape index (κ1) is 16.1. The van der Waals surface area contributed by atoms with E-state index in [2.05, 4.69) is 36.5 Å². The Hall–Kier alpha value is -1.00. The van der Waals surface area contributed by atoms with E-state index < -0.39 is 0 Å². The Labute approximate surface area is 120 Å². The van der Waals surface area contributed by atoms with Crippen LogP contribution in [0.5, 0.6) is 0 Å². The van der Waals surface area contributed by atoms with Crippen LogP contribution in [0.1, 0.15) is 25.8 Å². The molecule has 0 saturated carbocycles. The van der Waals surface area contributed by atoms with Gasteiger partial charge in [-0.1, -0.05) is 31.5 Å². The van der Waals surface area contributed by atoms with Crippen molar-refractivity contribution in [1.82, 2.24) is 5.32 Å². The highest BCUT2D eigenvalue weighted by molar-refractivity contribution is 7.99. The summed E-state index contributed by atoms with van der Waals surface area (Å²) in [6.45, 7) is 6.15. The van der Waals surface area contributed by atoms with Crippen LogP contribution >= 0.6 is 11.8 Å². The van der Waals surface area contributed by atoms with Crippen LogP contribution in [-0.2, 0) is 9.53 Å². The van der Waals surface area contributed by atoms with Crippen molar-refractivity contribution in [1.29, 1.82) is 0 Å². The summed E-state index contributed by atoms with van der Waals surface area (Å²) < 4.78 is 4.82. The third-order valence-electron chi connectivity index (χ3n) is 2.69. The van der Waals surface area contributed by atoms with E-state index in [-0.39, 0.29) is 18.1 Å². The quantitative estimate of drug-likeness (QED) is 0.616. The molecule has 0 amide bonds. The Morgan fingerprint density at radius 2 is 2.16 bits per heavy atom. The van der Waals surface area contributed by atoms with Gasteiger partial charge in [-0.2, -0.15) is 0 Å². The SMILES string of the molecule is COC(=O)C(CCSc1cccc(C)c1)NC(C)C. The fourth-order valence-corrected chi connectivity index (χ4v) is 2.85. The second-order valence-electron chi connectivity index (χ2n) is 4.85. The van der Waals surface area contributed by atoms with E-state index in [4.69, 9.17) is 4.74 Å². The number of nitrogens with one attached hydrogen (secondary N) is 1. The number of carbonyl (C=O) groups is 1. The first-order chi connectivity index (χ1) is 9.02. The molecular weight excluding hydrogens is 258 g/mol. The Bertz CT molecular complexity index is 407. The van der Waals surface area contributed by atoms with Gasteiger partial charge in [-0.25, -0.2) is 0 Å². The van der Waals surface area contributed by atoms with Crippen molar-refractivity contribution in [2.24, 2.45) is 0 Å². The van der Waals surface area contributed by atoms with Gasteiger partial charge in [0.25, 0.3) is 0 Å². The number of methoxy groups -OCH3 is 1. The summed E-state index contributed by atoms with van der Waals surface area (Å²) >= 11 is 1.77. The Morgan fingerprint density at radius 1 is 1.42 bits per heavy atom. The third-order valence-corrected chi connectivity index (χ3v) is 3.71. The molecule has 1 unspecified atom stereocenters. The van der Waals surface area contributed by atoms with Crippen LogP contribution in [0, 0.1) is 6.92 Å². The number of hydrogen-bond acceptors (Lipinski definition) is 4. The van der Waals surface area contributed by atoms with Gasteiger partial charge in [0, 0.05) is 16.7 Å². The molecule has 106 valence electrons. The molecule has 0 saturated heterocycles. The van der Waals surface area contributed by atoms with Crippen LogP contribution < -0.4 is 5.32 Å². The first-order valence-electron chi connectivity index (χ1n) is 6.56. The highest BCUT2D eigenvalue weighted by Crippen LogP contribution is 2.20. The molecule has 1 rings (SSSR count). The molecule has 0 fully saturated rings. The fraction of sp³-hybridized carbons (Fsp3) is 0.533. The van der Waals surface area contributed by atoms with Gasteiger partial charge < -0.3 is 10.1 Å². The number of thioether (sulfide) groups is 1. The summed E-state index contributed by atoms with van der Waals surface area (Å²) in [5.74, 6) is 0.710. The summed E-state index contributed by atoms with van der Waals surface area (Å²) in [4.78, 5) is 12.9. The van der Waals surface area contributed by atoms with Crippen LogP contribution in [-0.4, -0.2) is 30.9 Å². The Morgan fingerprint density at radius 3 is 2.74 bits per heavy atom. The number of ether oxygens (including phenoxy) is 1. The van der Waals surface area contributed by atoms with E-state index in [1.54, 1.807) is 11.8 Å². The standard InChI is InChI=1S/C15H23NO2S/c1-11(2)16-14(15(17)18-4)8-9-19-13-7-5-6-12(3)10-13/h5-7,10-11,14,16H,8-9H2,1-4H3. The maximum absolute atomic E-state index is 11.6. The van der Waals surface area contributed by atoms with E-state index in [1.807, 2.05) is 13.8 Å². The van der Waals surface area contributed by atoms with Crippen molar-refractivity contribution < 1.29 is 9.53 Å². The minimum atomic E-state index is -0.220. The van der Waals surface area contributed by atoms with E-state index in [9.17, 15) is 4.79 Å². The molecule has 1 aromatic rings. The lowest BCUT2D eigenvalue weighted by atomic mass is 10.2. The minimum absolute atomic E-state index is 0.182. The molecular formula is C15H23NO2S. The van der Waals surface area contributed by atoms with E-state index in [1.165, 1.54) is 17.6 Å². The largest absolute Gasteiger partial charge is 0.468 e. The molecule has 0 aliphatic carbocycles. The highest BCUT2D eigenvalue weighted by Gasteiger charge is 2.19. The number of esters is 1. The molecule has 4 heteroatoms. The molecule has 1 N–H and O–H groups in total. The molecule has 0 bridgehead atoms. The monoisotopic (exact) mass is 281 g/mol. The molecule has 19 heavy (non-hydrogen) atoms. The average molecular weight is 281 g/mol. The van der Waals surface area contributed by atoms with Crippen LogP contribution in [0.4, 0.5) is 0 Å². The van der Waals surface area contributed by atoms with Gasteiger partial charge in [-0.15, -0.1) is 11.8 Å². The number of rotatable bonds is 7. The topological polar surface area (TPSA) is 38.3 Å². The fourth-order valence-electron chi connectivity index (χ4n) is 1.81. The molecule has 3 nitrogen and oxygen atoms in total. The third kappa shape index (κ3) is 6.12. The summed E-state index contributed by atoms with van der Waals surface area (Å²) in [5.41, 5.74) is 1.26. The predicted octanol–water partition coefficient (Wildman–Crippen LogP) is 3.02. The van der Waals surface area contributed by atoms with Gasteiger partial charge in [0.05, 0.1) is 7.11 Å². The summed E-state index contributed by atoms with van der Waals surface area (Å²) in [7, 11) is 1.44. The van der Waals surface area contributed by atoms with Crippen molar-refractivity contribution in [3.8, 4) is 0 Å². The summed E-state index contributed by atoms with van der Waals surface area (Å²) in [6, 6.07) is 8.45. The van der Waals surface area contributed by atoms with Crippen LogP contribution in [0.2, 0.25) is 0 Å². The zero-order valence-corrected chi connectivity index (χ0v) is 12.9. The Balaban J connectivity index is 2.45. The van der Waals surface area contributed by atoms with Crippen molar-refractivity contribution >= 4 is 17.7 Å². The lowest BCUT2D eigenvalue weighted by Crippen LogP contribution is -2.41. The molecule has 0 aliphatic heterocycles. The number of aryl methyl sites for hydroxylation is 1. The number of hydrogen-bond donors (Lipinski definition) is 1. The molecule has 1 atom stereocenters. The van der Waals surface area contributed by atoms with E-state index in [0.29, 0.717) is 0 Å². The zero-order valence-electron chi connectivity index (χ0n) is 12.1. The molecule has 0 aromatic heterocycles. The Kier molecular flexibility index (Phi) is 6.95. The van der Waals surface area contributed by atoms with Crippen molar-refractivity contribution in [2.45, 2.75) is 44.2 Å². The van der Waals surface area contributed by atoms with Crippen molar-refractivity contribution in [2.75, 3.05) is 12.9 Å². The smallest absolute Gasteiger partial charge is 0.322 e. The molecule has 0 aliphatic rings. The highest BCUT2D eigenvalue weighted by atomic mass is 32.2. The van der Waals surface area contributed by atoms with Crippen LogP contribution in [0.3, 0.4) is 0 Å². The van der Waals surface area contributed by atoms with Crippen molar-refractivity contribution in [3.05, 3.63) is 29.8 Å². The molecule has 0 radical (unpaired) electrons. The van der Waals surface area contributed by atoms with Crippen LogP contribution in [0.25, 0.3) is 0 Å². The van der Waals surface area contributed by atoms with Gasteiger partial charge in [-0.3, -0.25) is 4.79 Å².